The number of carbonyl (C=O) groups excluding carboxylic acids is 3. The number of rotatable bonds is 48. The molecule has 2 saturated heterocycles. The molecule has 0 aliphatic carbocycles. The monoisotopic (exact) mass is 943 g/mol. The molecule has 0 bridgehead atoms. The van der Waals surface area contributed by atoms with Crippen molar-refractivity contribution in [1.29, 1.82) is 0 Å². The molecule has 2 fully saturated rings. The van der Waals surface area contributed by atoms with Gasteiger partial charge in [-0.25, -0.2) is 0 Å². The van der Waals surface area contributed by atoms with E-state index in [0.29, 0.717) is 36.5 Å². The number of nitrogens with zero attached hydrogens (tertiary/aromatic N) is 2. The minimum Gasteiger partial charge on any atom is -0.462 e. The van der Waals surface area contributed by atoms with E-state index in [9.17, 15) is 14.4 Å². The van der Waals surface area contributed by atoms with Gasteiger partial charge in [-0.1, -0.05) is 188 Å². The van der Waals surface area contributed by atoms with Gasteiger partial charge in [0.2, 0.25) is 0 Å². The zero-order valence-corrected chi connectivity index (χ0v) is 44.0. The molecule has 2 aliphatic heterocycles. The second-order valence-corrected chi connectivity index (χ2v) is 20.9. The fourth-order valence-corrected chi connectivity index (χ4v) is 10.2. The summed E-state index contributed by atoms with van der Waals surface area (Å²) in [6.07, 6.45) is 49.9. The number of hydrogen-bond donors (Lipinski definition) is 0. The van der Waals surface area contributed by atoms with Gasteiger partial charge in [0.1, 0.15) is 11.9 Å². The van der Waals surface area contributed by atoms with Gasteiger partial charge in [-0.15, -0.1) is 6.58 Å². The minimum absolute atomic E-state index is 0. The Labute approximate surface area is 418 Å². The maximum absolute atomic E-state index is 12.9. The van der Waals surface area contributed by atoms with Crippen LogP contribution in [0.4, 0.5) is 0 Å². The summed E-state index contributed by atoms with van der Waals surface area (Å²) in [5, 5.41) is 0. The van der Waals surface area contributed by atoms with Crippen LogP contribution in [0.3, 0.4) is 0 Å². The van der Waals surface area contributed by atoms with E-state index in [2.05, 4.69) is 49.3 Å². The number of allylic oxidation sites excluding steroid dienone is 1. The fourth-order valence-electron chi connectivity index (χ4n) is 10.2. The van der Waals surface area contributed by atoms with Gasteiger partial charge in [-0.05, 0) is 102 Å². The maximum Gasteiger partial charge on any atom is 0.306 e. The Kier molecular flexibility index (Phi) is 42.7. The average molecular weight is 944 g/mol. The van der Waals surface area contributed by atoms with E-state index < -0.39 is 0 Å². The summed E-state index contributed by atoms with van der Waals surface area (Å²) in [5.41, 5.74) is 0. The van der Waals surface area contributed by atoms with Crippen molar-refractivity contribution in [3.8, 4) is 0 Å². The Morgan fingerprint density at radius 2 is 1.10 bits per heavy atom. The van der Waals surface area contributed by atoms with Crippen molar-refractivity contribution in [2.24, 2.45) is 11.8 Å². The van der Waals surface area contributed by atoms with Crippen molar-refractivity contribution in [2.75, 3.05) is 45.9 Å². The molecular weight excluding hydrogens is 829 g/mol. The average Bonchev–Trinajstić information content (AvgIpc) is 3.96. The Balaban J connectivity index is 0.0000224. The number of unbranched alkanes of at least 4 members (excludes halogenated alkanes) is 25. The van der Waals surface area contributed by atoms with Crippen LogP contribution in [0.25, 0.3) is 0 Å². The van der Waals surface area contributed by atoms with E-state index in [1.807, 2.05) is 6.08 Å². The zero-order valence-electron chi connectivity index (χ0n) is 44.0. The number of carbonyl (C=O) groups is 3. The second-order valence-electron chi connectivity index (χ2n) is 20.9. The molecule has 0 amide bonds. The van der Waals surface area contributed by atoms with E-state index in [1.165, 1.54) is 135 Å². The molecule has 2 heterocycles. The lowest BCUT2D eigenvalue weighted by molar-refractivity contribution is -0.150. The predicted octanol–water partition coefficient (Wildman–Crippen LogP) is 16.8. The standard InChI is InChI=1S/C59H108N2O5.CH4.H2/c1-5-9-12-15-18-19-20-21-23-29-36-56(62)37-30-28-34-45-61-51-54(41-42-57(63)44-47-60-46-43-53(8-4)50-60)49-55(61)52-65-48-35-27-22-26-33-40-59(64)66-58(38-31-24-16-13-10-6-2)39-32-25-17-14-11-7-3;;/h8,41-42,53-55,58H,4-7,9-40,43-52H2,1-3H3;1H4;1H/t53-,54-,55-;;/m0../s1. The van der Waals surface area contributed by atoms with Crippen LogP contribution in [0.5, 0.6) is 0 Å². The van der Waals surface area contributed by atoms with E-state index in [-0.39, 0.29) is 26.7 Å². The molecule has 2 rings (SSSR count). The summed E-state index contributed by atoms with van der Waals surface area (Å²) in [7, 11) is 0. The van der Waals surface area contributed by atoms with Crippen molar-refractivity contribution in [1.82, 2.24) is 9.80 Å². The minimum atomic E-state index is 0. The van der Waals surface area contributed by atoms with Crippen LogP contribution >= 0.6 is 0 Å². The molecule has 0 unspecified atom stereocenters. The molecule has 0 spiro atoms. The largest absolute Gasteiger partial charge is 0.462 e. The first-order chi connectivity index (χ1) is 32.4. The lowest BCUT2D eigenvalue weighted by Gasteiger charge is -2.24. The number of likely N-dealkylation sites (tertiary alicyclic amines) is 2. The highest BCUT2D eigenvalue weighted by Crippen LogP contribution is 2.26. The van der Waals surface area contributed by atoms with Crippen LogP contribution in [0.2, 0.25) is 0 Å². The van der Waals surface area contributed by atoms with Gasteiger partial charge >= 0.3 is 5.97 Å². The molecule has 0 aromatic rings. The second kappa shape index (κ2) is 45.3. The molecule has 7 nitrogen and oxygen atoms in total. The molecule has 0 aromatic carbocycles. The number of esters is 1. The predicted molar refractivity (Wildman–Crippen MR) is 290 cm³/mol. The molecule has 3 atom stereocenters. The van der Waals surface area contributed by atoms with Gasteiger partial charge in [-0.3, -0.25) is 19.3 Å². The van der Waals surface area contributed by atoms with Crippen molar-refractivity contribution >= 4 is 17.5 Å². The maximum atomic E-state index is 12.9. The highest BCUT2D eigenvalue weighted by Gasteiger charge is 2.30. The lowest BCUT2D eigenvalue weighted by atomic mass is 10.0. The van der Waals surface area contributed by atoms with Crippen molar-refractivity contribution < 1.29 is 25.3 Å². The van der Waals surface area contributed by atoms with Crippen LogP contribution in [0.1, 0.15) is 274 Å². The normalized spacial score (nSPS) is 17.8. The van der Waals surface area contributed by atoms with Crippen LogP contribution in [0, 0.1) is 11.8 Å². The Morgan fingerprint density at radius 3 is 1.66 bits per heavy atom. The summed E-state index contributed by atoms with van der Waals surface area (Å²) in [6, 6.07) is 0.366. The summed E-state index contributed by atoms with van der Waals surface area (Å²) < 4.78 is 12.4. The molecular formula is C60H114N2O5. The molecule has 0 radical (unpaired) electrons. The summed E-state index contributed by atoms with van der Waals surface area (Å²) >= 11 is 0. The van der Waals surface area contributed by atoms with Gasteiger partial charge in [0.15, 0.2) is 5.78 Å². The summed E-state index contributed by atoms with van der Waals surface area (Å²) in [4.78, 5) is 43.3. The number of ketones is 2. The van der Waals surface area contributed by atoms with Gasteiger partial charge in [0, 0.05) is 59.4 Å². The topological polar surface area (TPSA) is 76.2 Å². The smallest absolute Gasteiger partial charge is 0.306 e. The highest BCUT2D eigenvalue weighted by molar-refractivity contribution is 5.89. The van der Waals surface area contributed by atoms with Crippen molar-refractivity contribution in [3.63, 3.8) is 0 Å². The zero-order chi connectivity index (χ0) is 47.6. The van der Waals surface area contributed by atoms with Crippen LogP contribution in [-0.2, 0) is 23.9 Å². The number of Topliss-reactive ketones (excluding diaryl/α,β-unsaturated/α-hetero) is 1. The Hall–Kier alpha value is -1.83. The van der Waals surface area contributed by atoms with Gasteiger partial charge in [0.25, 0.3) is 0 Å². The molecule has 0 aromatic heterocycles. The highest BCUT2D eigenvalue weighted by atomic mass is 16.5. The summed E-state index contributed by atoms with van der Waals surface area (Å²) in [5.74, 6) is 1.63. The SMILES string of the molecule is C.C=C[C@H]1CCN(CCC(=O)C=C[C@H]2C[C@@H](COCCCCCCCC(=O)OC(CCCCCCCC)CCCCCCCC)N(CCCCCC(=O)CCCCCCCCCCCC)C2)C1.[HH]. The number of ether oxygens (including phenoxy) is 2. The van der Waals surface area contributed by atoms with E-state index in [0.717, 1.165) is 142 Å². The molecule has 0 saturated carbocycles. The van der Waals surface area contributed by atoms with Crippen molar-refractivity contribution in [2.45, 2.75) is 284 Å². The van der Waals surface area contributed by atoms with Gasteiger partial charge in [-0.2, -0.15) is 0 Å². The first-order valence-corrected chi connectivity index (χ1v) is 29.0. The molecule has 0 N–H and O–H groups in total. The quantitative estimate of drug-likeness (QED) is 0.0260. The van der Waals surface area contributed by atoms with Crippen LogP contribution in [0.15, 0.2) is 24.8 Å². The molecule has 67 heavy (non-hydrogen) atoms. The third kappa shape index (κ3) is 35.9. The number of hydrogen-bond acceptors (Lipinski definition) is 7. The third-order valence-electron chi connectivity index (χ3n) is 14.7. The Bertz CT molecular complexity index is 1200. The van der Waals surface area contributed by atoms with Crippen LogP contribution < -0.4 is 0 Å². The first kappa shape index (κ1) is 63.2. The van der Waals surface area contributed by atoms with Gasteiger partial charge in [0.05, 0.1) is 6.61 Å². The molecule has 2 aliphatic rings. The van der Waals surface area contributed by atoms with E-state index in [1.54, 1.807) is 0 Å². The van der Waals surface area contributed by atoms with E-state index in [4.69, 9.17) is 9.47 Å². The Morgan fingerprint density at radius 1 is 0.597 bits per heavy atom. The first-order valence-electron chi connectivity index (χ1n) is 29.0. The fraction of sp³-hybridized carbons (Fsp3) is 0.883. The van der Waals surface area contributed by atoms with Crippen molar-refractivity contribution in [3.05, 3.63) is 24.8 Å². The molecule has 7 heteroatoms. The van der Waals surface area contributed by atoms with E-state index >= 15 is 0 Å². The van der Waals surface area contributed by atoms with Crippen LogP contribution in [-0.4, -0.2) is 85.4 Å². The third-order valence-corrected chi connectivity index (χ3v) is 14.7. The lowest BCUT2D eigenvalue weighted by Crippen LogP contribution is -2.34. The van der Waals surface area contributed by atoms with Gasteiger partial charge < -0.3 is 14.4 Å². The molecule has 394 valence electrons. The summed E-state index contributed by atoms with van der Waals surface area (Å²) in [6.45, 7) is 17.2.